The van der Waals surface area contributed by atoms with E-state index in [0.29, 0.717) is 12.8 Å². The number of hydrogen-bond acceptors (Lipinski definition) is 6. The molecule has 23 heavy (non-hydrogen) atoms. The number of ether oxygens (including phenoxy) is 1. The summed E-state index contributed by atoms with van der Waals surface area (Å²) in [6.07, 6.45) is 3.46. The Balaban J connectivity index is 0.00000484. The number of rotatable bonds is 7. The Morgan fingerprint density at radius 2 is 1.74 bits per heavy atom. The molecule has 1 aliphatic rings. The molecule has 0 amide bonds. The third kappa shape index (κ3) is 6.70. The number of aliphatic carboxylic acids is 1. The van der Waals surface area contributed by atoms with Crippen LogP contribution in [0.1, 0.15) is 58.8 Å². The van der Waals surface area contributed by atoms with Gasteiger partial charge in [-0.05, 0) is 31.1 Å². The van der Waals surface area contributed by atoms with Crippen molar-refractivity contribution in [1.82, 2.24) is 0 Å². The maximum Gasteiger partial charge on any atom is 1.00 e. The van der Waals surface area contributed by atoms with E-state index in [2.05, 4.69) is 13.8 Å². The van der Waals surface area contributed by atoms with Crippen molar-refractivity contribution in [2.45, 2.75) is 70.1 Å². The molecule has 7 nitrogen and oxygen atoms in total. The van der Waals surface area contributed by atoms with E-state index in [9.17, 15) is 23.1 Å². The van der Waals surface area contributed by atoms with Gasteiger partial charge < -0.3 is 14.6 Å². The second kappa shape index (κ2) is 9.36. The van der Waals surface area contributed by atoms with Gasteiger partial charge in [-0.25, -0.2) is 0 Å². The minimum Gasteiger partial charge on any atom is -0.550 e. The van der Waals surface area contributed by atoms with Crippen molar-refractivity contribution in [1.29, 1.82) is 0 Å². The van der Waals surface area contributed by atoms with Crippen molar-refractivity contribution in [3.63, 3.8) is 0 Å². The van der Waals surface area contributed by atoms with Crippen LogP contribution >= 0.6 is 0 Å². The summed E-state index contributed by atoms with van der Waals surface area (Å²) >= 11 is 0. The second-order valence-corrected chi connectivity index (χ2v) is 7.52. The fraction of sp³-hybridized carbons (Fsp3) is 0.857. The first-order valence-electron chi connectivity index (χ1n) is 7.50. The van der Waals surface area contributed by atoms with Crippen molar-refractivity contribution in [3.05, 3.63) is 0 Å². The summed E-state index contributed by atoms with van der Waals surface area (Å²) in [6.45, 7) is 4.23. The molecule has 0 aliphatic heterocycles. The SMILES string of the molecule is CCC1(CC)CCC(OC(=O)C(CC(=O)[O-])S(=O)(=O)O)CC1.[Na+]. The summed E-state index contributed by atoms with van der Waals surface area (Å²) in [6, 6.07) is 0. The third-order valence-electron chi connectivity index (χ3n) is 4.75. The van der Waals surface area contributed by atoms with E-state index in [1.165, 1.54) is 0 Å². The fourth-order valence-electron chi connectivity index (χ4n) is 2.98. The molecule has 0 heterocycles. The third-order valence-corrected chi connectivity index (χ3v) is 5.83. The average molecular weight is 358 g/mol. The van der Waals surface area contributed by atoms with Gasteiger partial charge in [0.05, 0.1) is 0 Å². The second-order valence-electron chi connectivity index (χ2n) is 5.92. The van der Waals surface area contributed by atoms with E-state index in [0.717, 1.165) is 25.7 Å². The number of carbonyl (C=O) groups excluding carboxylic acids is 2. The normalized spacial score (nSPS) is 19.4. The molecule has 0 aromatic carbocycles. The molecule has 1 saturated carbocycles. The molecular weight excluding hydrogens is 335 g/mol. The van der Waals surface area contributed by atoms with Crippen molar-refractivity contribution < 1.29 is 62.0 Å². The van der Waals surface area contributed by atoms with Crippen LogP contribution in [0.4, 0.5) is 0 Å². The zero-order chi connectivity index (χ0) is 17.0. The van der Waals surface area contributed by atoms with Gasteiger partial charge in [0.1, 0.15) is 6.10 Å². The van der Waals surface area contributed by atoms with Crippen LogP contribution in [0, 0.1) is 5.41 Å². The maximum atomic E-state index is 11.8. The minimum absolute atomic E-state index is 0. The average Bonchev–Trinajstić information content (AvgIpc) is 2.44. The van der Waals surface area contributed by atoms with Crippen LogP contribution in [-0.4, -0.2) is 36.3 Å². The van der Waals surface area contributed by atoms with Gasteiger partial charge in [-0.2, -0.15) is 8.42 Å². The predicted molar refractivity (Wildman–Crippen MR) is 76.3 cm³/mol. The Morgan fingerprint density at radius 1 is 1.26 bits per heavy atom. The van der Waals surface area contributed by atoms with E-state index >= 15 is 0 Å². The van der Waals surface area contributed by atoms with E-state index in [4.69, 9.17) is 9.29 Å². The quantitative estimate of drug-likeness (QED) is 0.308. The summed E-state index contributed by atoms with van der Waals surface area (Å²) in [7, 11) is -4.84. The standard InChI is InChI=1S/C14H24O7S.Na/c1-3-14(4-2)7-5-10(6-8-14)21-13(17)11(9-12(15)16)22(18,19)20;/h10-11H,3-9H2,1-2H3,(H,15,16)(H,18,19,20);/q;+1/p-1. The van der Waals surface area contributed by atoms with Gasteiger partial charge in [-0.1, -0.05) is 26.7 Å². The zero-order valence-electron chi connectivity index (χ0n) is 13.9. The molecule has 0 aromatic rings. The van der Waals surface area contributed by atoms with Crippen LogP contribution in [0.25, 0.3) is 0 Å². The number of hydrogen-bond donors (Lipinski definition) is 1. The van der Waals surface area contributed by atoms with E-state index in [-0.39, 0.29) is 35.0 Å². The molecule has 0 spiro atoms. The van der Waals surface area contributed by atoms with Gasteiger partial charge in [-0.3, -0.25) is 9.35 Å². The van der Waals surface area contributed by atoms with Crippen LogP contribution in [0.15, 0.2) is 0 Å². The summed E-state index contributed by atoms with van der Waals surface area (Å²) in [5.74, 6) is -2.96. The van der Waals surface area contributed by atoms with Crippen molar-refractivity contribution >= 4 is 22.1 Å². The molecule has 1 N–H and O–H groups in total. The number of carbonyl (C=O) groups is 2. The first-order chi connectivity index (χ1) is 10.1. The maximum absolute atomic E-state index is 11.8. The summed E-state index contributed by atoms with van der Waals surface area (Å²) in [4.78, 5) is 22.4. The van der Waals surface area contributed by atoms with Gasteiger partial charge in [0.25, 0.3) is 10.1 Å². The number of carboxylic acid groups (broad SMARTS) is 1. The molecule has 0 bridgehead atoms. The molecule has 128 valence electrons. The fourth-order valence-corrected chi connectivity index (χ4v) is 3.63. The Hall–Kier alpha value is -0.150. The van der Waals surface area contributed by atoms with Gasteiger partial charge in [0.2, 0.25) is 0 Å². The van der Waals surface area contributed by atoms with Gasteiger partial charge in [0, 0.05) is 12.4 Å². The van der Waals surface area contributed by atoms with Gasteiger partial charge >= 0.3 is 35.5 Å². The van der Waals surface area contributed by atoms with Crippen LogP contribution in [0.3, 0.4) is 0 Å². The van der Waals surface area contributed by atoms with Crippen LogP contribution in [0.5, 0.6) is 0 Å². The first-order valence-corrected chi connectivity index (χ1v) is 9.00. The largest absolute Gasteiger partial charge is 1.00 e. The monoisotopic (exact) mass is 358 g/mol. The summed E-state index contributed by atoms with van der Waals surface area (Å²) < 4.78 is 36.3. The number of esters is 1. The van der Waals surface area contributed by atoms with Crippen molar-refractivity contribution in [2.75, 3.05) is 0 Å². The van der Waals surface area contributed by atoms with Gasteiger partial charge in [-0.15, -0.1) is 0 Å². The predicted octanol–water partition coefficient (Wildman–Crippen LogP) is -2.32. The molecule has 0 aromatic heterocycles. The first kappa shape index (κ1) is 22.9. The zero-order valence-corrected chi connectivity index (χ0v) is 16.7. The molecule has 1 atom stereocenters. The molecule has 0 radical (unpaired) electrons. The van der Waals surface area contributed by atoms with E-state index < -0.39 is 39.8 Å². The van der Waals surface area contributed by atoms with Gasteiger partial charge in [0.15, 0.2) is 5.25 Å². The molecule has 1 aliphatic carbocycles. The summed E-state index contributed by atoms with van der Waals surface area (Å²) in [5.41, 5.74) is 0.232. The summed E-state index contributed by atoms with van der Waals surface area (Å²) in [5, 5.41) is 8.40. The Labute approximate surface area is 159 Å². The smallest absolute Gasteiger partial charge is 0.550 e. The van der Waals surface area contributed by atoms with Crippen LogP contribution in [0.2, 0.25) is 0 Å². The minimum atomic E-state index is -4.84. The van der Waals surface area contributed by atoms with Crippen molar-refractivity contribution in [3.8, 4) is 0 Å². The molecule has 1 unspecified atom stereocenters. The molecular formula is C14H23NaO7S. The topological polar surface area (TPSA) is 121 Å². The van der Waals surface area contributed by atoms with Crippen LogP contribution < -0.4 is 34.7 Å². The number of carboxylic acids is 1. The molecule has 1 fully saturated rings. The Kier molecular flexibility index (Phi) is 9.30. The molecule has 1 rings (SSSR count). The Bertz CT molecular complexity index is 503. The van der Waals surface area contributed by atoms with Crippen molar-refractivity contribution in [2.24, 2.45) is 5.41 Å². The molecule has 9 heteroatoms. The van der Waals surface area contributed by atoms with E-state index in [1.807, 2.05) is 0 Å². The van der Waals surface area contributed by atoms with E-state index in [1.54, 1.807) is 0 Å². The Morgan fingerprint density at radius 3 is 2.09 bits per heavy atom. The molecule has 0 saturated heterocycles. The van der Waals surface area contributed by atoms with Crippen LogP contribution in [-0.2, 0) is 24.4 Å².